The largest absolute Gasteiger partial charge is 0.506 e. The number of H-pyrrole nitrogens is 1. The van der Waals surface area contributed by atoms with E-state index in [9.17, 15) is 5.11 Å². The van der Waals surface area contributed by atoms with Crippen LogP contribution in [-0.4, -0.2) is 10.1 Å². The van der Waals surface area contributed by atoms with Gasteiger partial charge in [0.05, 0.1) is 5.52 Å². The monoisotopic (exact) mass is 161 g/mol. The first-order valence-corrected chi connectivity index (χ1v) is 3.97. The zero-order valence-corrected chi connectivity index (χ0v) is 7.18. The number of nitrogens with one attached hydrogen (secondary N) is 1. The molecule has 0 saturated heterocycles. The van der Waals surface area contributed by atoms with Crippen LogP contribution >= 0.6 is 0 Å². The van der Waals surface area contributed by atoms with Gasteiger partial charge in [0.1, 0.15) is 5.75 Å². The molecule has 12 heavy (non-hydrogen) atoms. The van der Waals surface area contributed by atoms with Crippen LogP contribution in [0.25, 0.3) is 10.9 Å². The second-order valence-corrected chi connectivity index (χ2v) is 3.07. The number of phenolic OH excluding ortho intramolecular Hbond substituents is 1. The Bertz CT molecular complexity index is 429. The number of aromatic hydroxyl groups is 1. The molecule has 62 valence electrons. The molecule has 1 aromatic heterocycles. The Kier molecular flexibility index (Phi) is 1.37. The summed E-state index contributed by atoms with van der Waals surface area (Å²) in [6.07, 6.45) is 0. The highest BCUT2D eigenvalue weighted by atomic mass is 16.3. The average molecular weight is 161 g/mol. The zero-order valence-electron chi connectivity index (χ0n) is 7.18. The minimum Gasteiger partial charge on any atom is -0.506 e. The maximum Gasteiger partial charge on any atom is 0.139 e. The number of rotatable bonds is 0. The van der Waals surface area contributed by atoms with Crippen molar-refractivity contribution in [2.45, 2.75) is 13.8 Å². The number of para-hydroxylation sites is 1. The third kappa shape index (κ3) is 0.811. The van der Waals surface area contributed by atoms with Gasteiger partial charge in [0.25, 0.3) is 0 Å². The molecule has 0 unspecified atom stereocenters. The van der Waals surface area contributed by atoms with Crippen molar-refractivity contribution in [3.05, 3.63) is 29.5 Å². The number of benzene rings is 1. The molecule has 1 aromatic carbocycles. The van der Waals surface area contributed by atoms with Gasteiger partial charge in [-0.05, 0) is 25.5 Å². The minimum absolute atomic E-state index is 0.323. The summed E-state index contributed by atoms with van der Waals surface area (Å²) in [5.41, 5.74) is 3.17. The molecule has 2 N–H and O–H groups in total. The predicted octanol–water partition coefficient (Wildman–Crippen LogP) is 2.49. The molecule has 2 nitrogen and oxygen atoms in total. The molecule has 1 heterocycles. The summed E-state index contributed by atoms with van der Waals surface area (Å²) in [6, 6.07) is 5.56. The van der Waals surface area contributed by atoms with Crippen LogP contribution in [0.2, 0.25) is 0 Å². The summed E-state index contributed by atoms with van der Waals surface area (Å²) < 4.78 is 0. The zero-order chi connectivity index (χ0) is 8.72. The van der Waals surface area contributed by atoms with Crippen LogP contribution in [0.5, 0.6) is 5.75 Å². The molecule has 0 bridgehead atoms. The molecular formula is C10H11NO. The van der Waals surface area contributed by atoms with Gasteiger partial charge in [-0.1, -0.05) is 12.1 Å². The maximum absolute atomic E-state index is 9.48. The second kappa shape index (κ2) is 2.27. The molecule has 2 rings (SSSR count). The molecule has 0 spiro atoms. The van der Waals surface area contributed by atoms with Crippen molar-refractivity contribution in [2.24, 2.45) is 0 Å². The van der Waals surface area contributed by atoms with Gasteiger partial charge in [-0.3, -0.25) is 0 Å². The molecule has 0 aliphatic carbocycles. The van der Waals surface area contributed by atoms with E-state index < -0.39 is 0 Å². The molecule has 0 saturated carbocycles. The smallest absolute Gasteiger partial charge is 0.139 e. The maximum atomic E-state index is 9.48. The van der Waals surface area contributed by atoms with Gasteiger partial charge in [-0.2, -0.15) is 0 Å². The summed E-state index contributed by atoms with van der Waals surface area (Å²) in [4.78, 5) is 3.14. The summed E-state index contributed by atoms with van der Waals surface area (Å²) in [5.74, 6) is 0.323. The molecule has 2 heteroatoms. The van der Waals surface area contributed by atoms with Crippen molar-refractivity contribution in [2.75, 3.05) is 0 Å². The van der Waals surface area contributed by atoms with Crippen LogP contribution in [0.3, 0.4) is 0 Å². The van der Waals surface area contributed by atoms with Gasteiger partial charge in [0.2, 0.25) is 0 Å². The molecular weight excluding hydrogens is 150 g/mol. The van der Waals surface area contributed by atoms with E-state index in [-0.39, 0.29) is 0 Å². The first-order valence-electron chi connectivity index (χ1n) is 3.97. The van der Waals surface area contributed by atoms with Crippen LogP contribution in [0, 0.1) is 13.8 Å². The third-order valence-electron chi connectivity index (χ3n) is 2.32. The standard InChI is InChI=1S/C10H11NO/c1-6-7(2)11-10-8(6)4-3-5-9(10)12/h3-5,11-12H,1-2H3. The van der Waals surface area contributed by atoms with Gasteiger partial charge in [-0.25, -0.2) is 0 Å². The van der Waals surface area contributed by atoms with Crippen LogP contribution in [-0.2, 0) is 0 Å². The summed E-state index contributed by atoms with van der Waals surface area (Å²) in [5, 5.41) is 10.6. The van der Waals surface area contributed by atoms with Crippen molar-refractivity contribution in [3.63, 3.8) is 0 Å². The SMILES string of the molecule is Cc1[nH]c2c(O)cccc2c1C. The summed E-state index contributed by atoms with van der Waals surface area (Å²) >= 11 is 0. The Balaban J connectivity index is 2.95. The highest BCUT2D eigenvalue weighted by molar-refractivity contribution is 5.88. The van der Waals surface area contributed by atoms with Crippen LogP contribution in [0.15, 0.2) is 18.2 Å². The second-order valence-electron chi connectivity index (χ2n) is 3.07. The number of aryl methyl sites for hydroxylation is 2. The third-order valence-corrected chi connectivity index (χ3v) is 2.32. The number of phenols is 1. The first kappa shape index (κ1) is 7.22. The van der Waals surface area contributed by atoms with E-state index in [1.807, 2.05) is 26.0 Å². The molecule has 0 aliphatic heterocycles. The van der Waals surface area contributed by atoms with E-state index in [1.165, 1.54) is 5.56 Å². The Morgan fingerprint density at radius 2 is 2.00 bits per heavy atom. The molecule has 0 atom stereocenters. The van der Waals surface area contributed by atoms with Crippen molar-refractivity contribution < 1.29 is 5.11 Å². The van der Waals surface area contributed by atoms with Gasteiger partial charge in [-0.15, -0.1) is 0 Å². The molecule has 2 aromatic rings. The van der Waals surface area contributed by atoms with Gasteiger partial charge < -0.3 is 10.1 Å². The van der Waals surface area contributed by atoms with E-state index in [4.69, 9.17) is 0 Å². The van der Waals surface area contributed by atoms with Gasteiger partial charge >= 0.3 is 0 Å². The van der Waals surface area contributed by atoms with Crippen molar-refractivity contribution in [3.8, 4) is 5.75 Å². The van der Waals surface area contributed by atoms with E-state index >= 15 is 0 Å². The number of aromatic nitrogens is 1. The molecule has 0 amide bonds. The lowest BCUT2D eigenvalue weighted by Crippen LogP contribution is -1.70. The fourth-order valence-electron chi connectivity index (χ4n) is 1.47. The lowest BCUT2D eigenvalue weighted by molar-refractivity contribution is 0.480. The number of fused-ring (bicyclic) bond motifs is 1. The average Bonchev–Trinajstić information content (AvgIpc) is 2.32. The Morgan fingerprint density at radius 1 is 1.25 bits per heavy atom. The first-order chi connectivity index (χ1) is 5.70. The predicted molar refractivity (Wildman–Crippen MR) is 49.4 cm³/mol. The summed E-state index contributed by atoms with van der Waals surface area (Å²) in [7, 11) is 0. The lowest BCUT2D eigenvalue weighted by Gasteiger charge is -1.93. The van der Waals surface area contributed by atoms with E-state index in [1.54, 1.807) is 6.07 Å². The highest BCUT2D eigenvalue weighted by Gasteiger charge is 2.05. The minimum atomic E-state index is 0.323. The van der Waals surface area contributed by atoms with Crippen molar-refractivity contribution >= 4 is 10.9 Å². The fourth-order valence-corrected chi connectivity index (χ4v) is 1.47. The van der Waals surface area contributed by atoms with E-state index in [0.29, 0.717) is 5.75 Å². The number of aromatic amines is 1. The quantitative estimate of drug-likeness (QED) is 0.611. The van der Waals surface area contributed by atoms with Crippen LogP contribution < -0.4 is 0 Å². The van der Waals surface area contributed by atoms with Crippen molar-refractivity contribution in [1.82, 2.24) is 4.98 Å². The highest BCUT2D eigenvalue weighted by Crippen LogP contribution is 2.27. The Hall–Kier alpha value is -1.44. The van der Waals surface area contributed by atoms with Crippen LogP contribution in [0.1, 0.15) is 11.3 Å². The van der Waals surface area contributed by atoms with Gasteiger partial charge in [0, 0.05) is 11.1 Å². The Morgan fingerprint density at radius 3 is 2.67 bits per heavy atom. The molecule has 0 radical (unpaired) electrons. The van der Waals surface area contributed by atoms with Crippen molar-refractivity contribution in [1.29, 1.82) is 0 Å². The molecule has 0 fully saturated rings. The normalized spacial score (nSPS) is 10.8. The fraction of sp³-hybridized carbons (Fsp3) is 0.200. The van der Waals surface area contributed by atoms with E-state index in [2.05, 4.69) is 4.98 Å². The van der Waals surface area contributed by atoms with E-state index in [0.717, 1.165) is 16.6 Å². The van der Waals surface area contributed by atoms with Crippen LogP contribution in [0.4, 0.5) is 0 Å². The number of hydrogen-bond acceptors (Lipinski definition) is 1. The van der Waals surface area contributed by atoms with Gasteiger partial charge in [0.15, 0.2) is 0 Å². The Labute approximate surface area is 70.8 Å². The molecule has 0 aliphatic rings. The topological polar surface area (TPSA) is 36.0 Å². The lowest BCUT2D eigenvalue weighted by atomic mass is 10.1. The summed E-state index contributed by atoms with van der Waals surface area (Å²) in [6.45, 7) is 4.06. The number of hydrogen-bond donors (Lipinski definition) is 2.